The Morgan fingerprint density at radius 2 is 0.635 bits per heavy atom. The lowest BCUT2D eigenvalue weighted by Crippen LogP contribution is -2.28. The third-order valence-electron chi connectivity index (χ3n) is 13.9. The Labute approximate surface area is 367 Å². The largest absolute Gasteiger partial charge is 0.0720 e. The summed E-state index contributed by atoms with van der Waals surface area (Å²) in [5.74, 6) is 0. The van der Waals surface area contributed by atoms with Gasteiger partial charge in [0, 0.05) is 0 Å². The van der Waals surface area contributed by atoms with Gasteiger partial charge in [-0.25, -0.2) is 0 Å². The second kappa shape index (κ2) is 14.0. The van der Waals surface area contributed by atoms with Crippen molar-refractivity contribution in [3.8, 4) is 44.5 Å². The van der Waals surface area contributed by atoms with E-state index in [1.54, 1.807) is 0 Å². The predicted octanol–water partition coefficient (Wildman–Crippen LogP) is 16.8. The molecule has 12 aromatic carbocycles. The number of rotatable bonds is 5. The molecule has 292 valence electrons. The van der Waals surface area contributed by atoms with Crippen molar-refractivity contribution >= 4 is 53.9 Å². The van der Waals surface area contributed by atoms with Gasteiger partial charge in [0.1, 0.15) is 0 Å². The van der Waals surface area contributed by atoms with Crippen LogP contribution in [0.5, 0.6) is 0 Å². The molecule has 0 amide bonds. The van der Waals surface area contributed by atoms with Gasteiger partial charge in [-0.05, 0) is 139 Å². The first-order valence-corrected chi connectivity index (χ1v) is 22.0. The van der Waals surface area contributed by atoms with Gasteiger partial charge in [-0.2, -0.15) is 0 Å². The van der Waals surface area contributed by atoms with Crippen LogP contribution in [0, 0.1) is 0 Å². The average molecular weight is 797 g/mol. The van der Waals surface area contributed by atoms with Gasteiger partial charge >= 0.3 is 0 Å². The fourth-order valence-electron chi connectivity index (χ4n) is 11.3. The van der Waals surface area contributed by atoms with E-state index in [-0.39, 0.29) is 0 Å². The van der Waals surface area contributed by atoms with Crippen LogP contribution in [0.1, 0.15) is 22.3 Å². The van der Waals surface area contributed by atoms with Crippen LogP contribution in [0.2, 0.25) is 0 Å². The monoisotopic (exact) mass is 796 g/mol. The predicted molar refractivity (Wildman–Crippen MR) is 268 cm³/mol. The molecule has 0 fully saturated rings. The molecule has 13 rings (SSSR count). The van der Waals surface area contributed by atoms with E-state index in [0.29, 0.717) is 0 Å². The summed E-state index contributed by atoms with van der Waals surface area (Å²) in [6.07, 6.45) is 0. The summed E-state index contributed by atoms with van der Waals surface area (Å²) >= 11 is 0. The maximum absolute atomic E-state index is 2.51. The van der Waals surface area contributed by atoms with Crippen molar-refractivity contribution in [2.75, 3.05) is 0 Å². The molecule has 63 heavy (non-hydrogen) atoms. The highest BCUT2D eigenvalue weighted by Crippen LogP contribution is 2.61. The molecule has 0 atom stereocenters. The maximum atomic E-state index is 2.51. The van der Waals surface area contributed by atoms with Gasteiger partial charge in [0.2, 0.25) is 0 Å². The first-order chi connectivity index (χ1) is 31.3. The summed E-state index contributed by atoms with van der Waals surface area (Å²) in [4.78, 5) is 0. The summed E-state index contributed by atoms with van der Waals surface area (Å²) in [6, 6.07) is 90.4. The molecular formula is C63H40. The molecular weight excluding hydrogens is 757 g/mol. The highest BCUT2D eigenvalue weighted by molar-refractivity contribution is 6.22. The van der Waals surface area contributed by atoms with Gasteiger partial charge in [-0.3, -0.25) is 0 Å². The Morgan fingerprint density at radius 1 is 0.238 bits per heavy atom. The molecule has 0 heteroatoms. The van der Waals surface area contributed by atoms with Gasteiger partial charge < -0.3 is 0 Å². The second-order valence-electron chi connectivity index (χ2n) is 17.1. The SMILES string of the molecule is c1ccc(-c2c3ccccc3c(-c3ccc(-c4ccc5cc6c(cc5c4)C(c4ccccc4)(c4ccccc4)c4c-6c5ccccc5c5ccccc45)cc3)c3ccccc23)cc1. The first-order valence-electron chi connectivity index (χ1n) is 22.0. The zero-order valence-electron chi connectivity index (χ0n) is 34.6. The van der Waals surface area contributed by atoms with E-state index < -0.39 is 5.41 Å². The highest BCUT2D eigenvalue weighted by Gasteiger charge is 2.48. The van der Waals surface area contributed by atoms with Gasteiger partial charge in [-0.15, -0.1) is 0 Å². The van der Waals surface area contributed by atoms with Crippen LogP contribution in [0.25, 0.3) is 98.4 Å². The van der Waals surface area contributed by atoms with E-state index >= 15 is 0 Å². The van der Waals surface area contributed by atoms with E-state index in [9.17, 15) is 0 Å². The zero-order chi connectivity index (χ0) is 41.5. The fraction of sp³-hybridized carbons (Fsp3) is 0.0159. The van der Waals surface area contributed by atoms with Gasteiger partial charge in [0.05, 0.1) is 5.41 Å². The van der Waals surface area contributed by atoms with Crippen LogP contribution >= 0.6 is 0 Å². The Morgan fingerprint density at radius 3 is 1.17 bits per heavy atom. The van der Waals surface area contributed by atoms with Crippen molar-refractivity contribution in [1.82, 2.24) is 0 Å². The van der Waals surface area contributed by atoms with Crippen LogP contribution < -0.4 is 0 Å². The molecule has 1 aliphatic rings. The highest BCUT2D eigenvalue weighted by atomic mass is 14.5. The third kappa shape index (κ3) is 5.22. The molecule has 0 N–H and O–H groups in total. The smallest absolute Gasteiger partial charge is 0.0622 e. The van der Waals surface area contributed by atoms with Crippen LogP contribution in [-0.4, -0.2) is 0 Å². The lowest BCUT2D eigenvalue weighted by atomic mass is 9.66. The van der Waals surface area contributed by atoms with Crippen molar-refractivity contribution in [2.24, 2.45) is 0 Å². The molecule has 0 bridgehead atoms. The molecule has 0 aromatic heterocycles. The van der Waals surface area contributed by atoms with Crippen LogP contribution in [-0.2, 0) is 5.41 Å². The zero-order valence-corrected chi connectivity index (χ0v) is 34.6. The summed E-state index contributed by atoms with van der Waals surface area (Å²) in [5, 5.41) is 12.7. The lowest BCUT2D eigenvalue weighted by molar-refractivity contribution is 0.777. The molecule has 0 saturated carbocycles. The van der Waals surface area contributed by atoms with Gasteiger partial charge in [0.25, 0.3) is 0 Å². The van der Waals surface area contributed by atoms with Crippen molar-refractivity contribution in [1.29, 1.82) is 0 Å². The second-order valence-corrected chi connectivity index (χ2v) is 17.1. The van der Waals surface area contributed by atoms with E-state index in [2.05, 4.69) is 243 Å². The Bertz CT molecular complexity index is 3650. The summed E-state index contributed by atoms with van der Waals surface area (Å²) < 4.78 is 0. The minimum atomic E-state index is -0.537. The van der Waals surface area contributed by atoms with Crippen molar-refractivity contribution in [3.63, 3.8) is 0 Å². The quantitative estimate of drug-likeness (QED) is 0.120. The standard InChI is InChI=1S/C63H40/c1-4-18-42(19-5-1)59-52-27-13-15-29-54(52)60(55-30-16-14-28-53(55)59)43-34-32-41(33-35-43)44-36-37-45-39-57-58(40-46(45)38-44)63(47-20-6-2-7-21-47,48-22-8-3-9-23-48)62-56-31-17-11-25-50(56)49-24-10-12-26-51(49)61(57)62/h1-40H. The minimum Gasteiger partial charge on any atom is -0.0622 e. The normalized spacial score (nSPS) is 12.9. The third-order valence-corrected chi connectivity index (χ3v) is 13.9. The van der Waals surface area contributed by atoms with Gasteiger partial charge in [0.15, 0.2) is 0 Å². The summed E-state index contributed by atoms with van der Waals surface area (Å²) in [6.45, 7) is 0. The Hall–Kier alpha value is -8.06. The van der Waals surface area contributed by atoms with Crippen LogP contribution in [0.15, 0.2) is 243 Å². The maximum Gasteiger partial charge on any atom is 0.0720 e. The van der Waals surface area contributed by atoms with E-state index in [0.717, 1.165) is 0 Å². The fourth-order valence-corrected chi connectivity index (χ4v) is 11.3. The van der Waals surface area contributed by atoms with Crippen molar-refractivity contribution in [3.05, 3.63) is 265 Å². The molecule has 0 saturated heterocycles. The van der Waals surface area contributed by atoms with Crippen molar-refractivity contribution in [2.45, 2.75) is 5.41 Å². The molecule has 0 unspecified atom stereocenters. The Kier molecular flexibility index (Phi) is 7.92. The topological polar surface area (TPSA) is 0 Å². The van der Waals surface area contributed by atoms with E-state index in [1.807, 2.05) is 0 Å². The van der Waals surface area contributed by atoms with Crippen LogP contribution in [0.3, 0.4) is 0 Å². The van der Waals surface area contributed by atoms with E-state index in [1.165, 1.54) is 121 Å². The molecule has 0 radical (unpaired) electrons. The number of benzene rings is 12. The lowest BCUT2D eigenvalue weighted by Gasteiger charge is -2.35. The summed E-state index contributed by atoms with van der Waals surface area (Å²) in [5.41, 5.74) is 14.8. The molecule has 12 aromatic rings. The molecule has 0 aliphatic heterocycles. The van der Waals surface area contributed by atoms with Crippen molar-refractivity contribution < 1.29 is 0 Å². The summed E-state index contributed by atoms with van der Waals surface area (Å²) in [7, 11) is 0. The van der Waals surface area contributed by atoms with Gasteiger partial charge in [-0.1, -0.05) is 224 Å². The molecule has 0 spiro atoms. The van der Waals surface area contributed by atoms with Crippen LogP contribution in [0.4, 0.5) is 0 Å². The average Bonchev–Trinajstić information content (AvgIpc) is 3.66. The molecule has 1 aliphatic carbocycles. The Balaban J connectivity index is 1.01. The molecule has 0 nitrogen and oxygen atoms in total. The first kappa shape index (κ1) is 35.7. The number of hydrogen-bond donors (Lipinski definition) is 0. The van der Waals surface area contributed by atoms with E-state index in [4.69, 9.17) is 0 Å². The number of hydrogen-bond acceptors (Lipinski definition) is 0. The number of fused-ring (bicyclic) bond motifs is 11. The molecule has 0 heterocycles. The minimum absolute atomic E-state index is 0.537.